The Labute approximate surface area is 143 Å². The van der Waals surface area contributed by atoms with Gasteiger partial charge in [0.1, 0.15) is 11.6 Å². The van der Waals surface area contributed by atoms with Gasteiger partial charge in [-0.1, -0.05) is 26.0 Å². The summed E-state index contributed by atoms with van der Waals surface area (Å²) in [5.74, 6) is 1.67. The number of aromatic nitrogens is 1. The van der Waals surface area contributed by atoms with E-state index >= 15 is 0 Å². The molecule has 0 bridgehead atoms. The fourth-order valence-corrected chi connectivity index (χ4v) is 2.10. The number of pyridine rings is 1. The minimum Gasteiger partial charge on any atom is -0.489 e. The third-order valence-corrected chi connectivity index (χ3v) is 3.21. The second kappa shape index (κ2) is 8.34. The number of benzene rings is 1. The maximum absolute atomic E-state index is 12.2. The topological polar surface area (TPSA) is 63.2 Å². The van der Waals surface area contributed by atoms with Crippen molar-refractivity contribution in [1.29, 1.82) is 0 Å². The van der Waals surface area contributed by atoms with Crippen molar-refractivity contribution in [3.63, 3.8) is 0 Å². The monoisotopic (exact) mass is 327 g/mol. The van der Waals surface area contributed by atoms with Crippen LogP contribution in [0.4, 0.5) is 11.5 Å². The first kappa shape index (κ1) is 17.8. The summed E-state index contributed by atoms with van der Waals surface area (Å²) in [5, 5.41) is 6.13. The molecule has 5 nitrogen and oxygen atoms in total. The first-order chi connectivity index (χ1) is 11.5. The van der Waals surface area contributed by atoms with Crippen LogP contribution in [-0.4, -0.2) is 23.5 Å². The molecule has 0 aliphatic rings. The standard InChI is InChI=1S/C19H25N3O2/c1-13(2)12-21-19(23)15-9-10-20-18(11-15)22-16-7-5-6-8-17(16)24-14(3)4/h5-11,13-14H,12H2,1-4H3,(H,20,22)(H,21,23). The molecule has 0 atom stereocenters. The number of carbonyl (C=O) groups is 1. The van der Waals surface area contributed by atoms with Crippen molar-refractivity contribution in [3.05, 3.63) is 48.2 Å². The fraction of sp³-hybridized carbons (Fsp3) is 0.368. The summed E-state index contributed by atoms with van der Waals surface area (Å²) in [6.45, 7) is 8.73. The van der Waals surface area contributed by atoms with Gasteiger partial charge < -0.3 is 15.4 Å². The van der Waals surface area contributed by atoms with Gasteiger partial charge in [0.05, 0.1) is 11.8 Å². The van der Waals surface area contributed by atoms with Crippen molar-refractivity contribution in [3.8, 4) is 5.75 Å². The molecule has 1 amide bonds. The number of hydrogen-bond donors (Lipinski definition) is 2. The minimum atomic E-state index is -0.0964. The third-order valence-electron chi connectivity index (χ3n) is 3.21. The summed E-state index contributed by atoms with van der Waals surface area (Å²) in [4.78, 5) is 16.5. The SMILES string of the molecule is CC(C)CNC(=O)c1ccnc(Nc2ccccc2OC(C)C)c1. The highest BCUT2D eigenvalue weighted by Gasteiger charge is 2.09. The van der Waals surface area contributed by atoms with E-state index in [0.29, 0.717) is 23.8 Å². The number of amides is 1. The number of anilines is 2. The van der Waals surface area contributed by atoms with Crippen LogP contribution in [0, 0.1) is 5.92 Å². The summed E-state index contributed by atoms with van der Waals surface area (Å²) >= 11 is 0. The zero-order valence-corrected chi connectivity index (χ0v) is 14.7. The Balaban J connectivity index is 2.14. The van der Waals surface area contributed by atoms with Crippen LogP contribution in [-0.2, 0) is 0 Å². The Hall–Kier alpha value is -2.56. The molecule has 1 aromatic heterocycles. The number of nitrogens with zero attached hydrogens (tertiary/aromatic N) is 1. The van der Waals surface area contributed by atoms with Crippen LogP contribution >= 0.6 is 0 Å². The normalized spacial score (nSPS) is 10.8. The number of rotatable bonds is 7. The molecule has 1 aromatic carbocycles. The predicted molar refractivity (Wildman–Crippen MR) is 96.9 cm³/mol. The zero-order chi connectivity index (χ0) is 17.5. The average molecular weight is 327 g/mol. The van der Waals surface area contributed by atoms with E-state index in [1.165, 1.54) is 0 Å². The van der Waals surface area contributed by atoms with Crippen molar-refractivity contribution in [2.45, 2.75) is 33.8 Å². The number of ether oxygens (including phenoxy) is 1. The molecular formula is C19H25N3O2. The lowest BCUT2D eigenvalue weighted by Crippen LogP contribution is -2.27. The van der Waals surface area contributed by atoms with Gasteiger partial charge in [-0.05, 0) is 44.0 Å². The smallest absolute Gasteiger partial charge is 0.251 e. The van der Waals surface area contributed by atoms with Gasteiger partial charge in [0, 0.05) is 18.3 Å². The fourth-order valence-electron chi connectivity index (χ4n) is 2.10. The van der Waals surface area contributed by atoms with Gasteiger partial charge in [0.2, 0.25) is 0 Å². The maximum Gasteiger partial charge on any atom is 0.251 e. The van der Waals surface area contributed by atoms with Crippen LogP contribution in [0.1, 0.15) is 38.1 Å². The van der Waals surface area contributed by atoms with E-state index in [1.807, 2.05) is 38.1 Å². The summed E-state index contributed by atoms with van der Waals surface area (Å²) in [6.07, 6.45) is 1.70. The molecule has 2 aromatic rings. The second-order valence-corrected chi connectivity index (χ2v) is 6.32. The molecule has 128 valence electrons. The Morgan fingerprint density at radius 3 is 2.62 bits per heavy atom. The van der Waals surface area contributed by atoms with E-state index in [9.17, 15) is 4.79 Å². The zero-order valence-electron chi connectivity index (χ0n) is 14.7. The molecule has 0 spiro atoms. The number of hydrogen-bond acceptors (Lipinski definition) is 4. The van der Waals surface area contributed by atoms with Crippen LogP contribution < -0.4 is 15.4 Å². The lowest BCUT2D eigenvalue weighted by Gasteiger charge is -2.15. The highest BCUT2D eigenvalue weighted by atomic mass is 16.5. The van der Waals surface area contributed by atoms with Crippen molar-refractivity contribution in [2.24, 2.45) is 5.92 Å². The van der Waals surface area contributed by atoms with Crippen molar-refractivity contribution < 1.29 is 9.53 Å². The van der Waals surface area contributed by atoms with Gasteiger partial charge in [0.15, 0.2) is 0 Å². The Morgan fingerprint density at radius 1 is 1.17 bits per heavy atom. The Bertz CT molecular complexity index is 684. The van der Waals surface area contributed by atoms with Crippen LogP contribution in [0.3, 0.4) is 0 Å². The van der Waals surface area contributed by atoms with Crippen molar-refractivity contribution in [1.82, 2.24) is 10.3 Å². The van der Waals surface area contributed by atoms with Crippen LogP contribution in [0.2, 0.25) is 0 Å². The van der Waals surface area contributed by atoms with Gasteiger partial charge in [0.25, 0.3) is 5.91 Å². The van der Waals surface area contributed by atoms with E-state index in [4.69, 9.17) is 4.74 Å². The molecule has 2 rings (SSSR count). The van der Waals surface area contributed by atoms with E-state index in [2.05, 4.69) is 29.5 Å². The minimum absolute atomic E-state index is 0.0778. The molecule has 0 radical (unpaired) electrons. The molecule has 5 heteroatoms. The molecular weight excluding hydrogens is 302 g/mol. The molecule has 0 aliphatic carbocycles. The van der Waals surface area contributed by atoms with E-state index in [-0.39, 0.29) is 12.0 Å². The number of carbonyl (C=O) groups excluding carboxylic acids is 1. The van der Waals surface area contributed by atoms with Gasteiger partial charge >= 0.3 is 0 Å². The molecule has 0 unspecified atom stereocenters. The molecule has 2 N–H and O–H groups in total. The van der Waals surface area contributed by atoms with E-state index in [0.717, 1.165) is 11.4 Å². The van der Waals surface area contributed by atoms with Gasteiger partial charge in [-0.15, -0.1) is 0 Å². The van der Waals surface area contributed by atoms with Crippen LogP contribution in [0.5, 0.6) is 5.75 Å². The summed E-state index contributed by atoms with van der Waals surface area (Å²) < 4.78 is 5.79. The van der Waals surface area contributed by atoms with Crippen LogP contribution in [0.15, 0.2) is 42.6 Å². The first-order valence-electron chi connectivity index (χ1n) is 8.22. The third kappa shape index (κ3) is 5.26. The lowest BCUT2D eigenvalue weighted by molar-refractivity contribution is 0.0949. The second-order valence-electron chi connectivity index (χ2n) is 6.32. The number of nitrogens with one attached hydrogen (secondary N) is 2. The van der Waals surface area contributed by atoms with Gasteiger partial charge in [-0.3, -0.25) is 4.79 Å². The van der Waals surface area contributed by atoms with Gasteiger partial charge in [-0.2, -0.15) is 0 Å². The summed E-state index contributed by atoms with van der Waals surface area (Å²) in [7, 11) is 0. The number of para-hydroxylation sites is 2. The molecule has 0 saturated heterocycles. The van der Waals surface area contributed by atoms with Gasteiger partial charge in [-0.25, -0.2) is 4.98 Å². The largest absolute Gasteiger partial charge is 0.489 e. The Kier molecular flexibility index (Phi) is 6.18. The molecule has 1 heterocycles. The molecule has 0 aliphatic heterocycles. The molecule has 0 saturated carbocycles. The predicted octanol–water partition coefficient (Wildman–Crippen LogP) is 4.00. The van der Waals surface area contributed by atoms with Crippen molar-refractivity contribution >= 4 is 17.4 Å². The molecule has 0 fully saturated rings. The van der Waals surface area contributed by atoms with E-state index in [1.54, 1.807) is 18.3 Å². The highest BCUT2D eigenvalue weighted by molar-refractivity contribution is 5.94. The maximum atomic E-state index is 12.2. The summed E-state index contributed by atoms with van der Waals surface area (Å²) in [5.41, 5.74) is 1.40. The van der Waals surface area contributed by atoms with Crippen molar-refractivity contribution in [2.75, 3.05) is 11.9 Å². The van der Waals surface area contributed by atoms with Crippen LogP contribution in [0.25, 0.3) is 0 Å². The Morgan fingerprint density at radius 2 is 1.92 bits per heavy atom. The highest BCUT2D eigenvalue weighted by Crippen LogP contribution is 2.27. The first-order valence-corrected chi connectivity index (χ1v) is 8.22. The summed E-state index contributed by atoms with van der Waals surface area (Å²) in [6, 6.07) is 11.1. The molecule has 24 heavy (non-hydrogen) atoms. The lowest BCUT2D eigenvalue weighted by atomic mass is 10.2. The average Bonchev–Trinajstić information content (AvgIpc) is 2.54. The van der Waals surface area contributed by atoms with E-state index < -0.39 is 0 Å². The quantitative estimate of drug-likeness (QED) is 0.807.